The SMILES string of the molecule is Cc1ccc(C(=O)O)c(NC2CCOc3ccccc32)n1. The van der Waals surface area contributed by atoms with Gasteiger partial charge in [-0.2, -0.15) is 0 Å². The first-order chi connectivity index (χ1) is 10.1. The van der Waals surface area contributed by atoms with Gasteiger partial charge in [0.25, 0.3) is 0 Å². The number of carboxylic acid groups (broad SMARTS) is 1. The first kappa shape index (κ1) is 13.4. The molecule has 1 aromatic heterocycles. The van der Waals surface area contributed by atoms with E-state index in [9.17, 15) is 9.90 Å². The summed E-state index contributed by atoms with van der Waals surface area (Å²) in [4.78, 5) is 15.6. The van der Waals surface area contributed by atoms with E-state index in [4.69, 9.17) is 4.74 Å². The minimum atomic E-state index is -0.981. The Balaban J connectivity index is 1.95. The van der Waals surface area contributed by atoms with E-state index in [1.165, 1.54) is 0 Å². The zero-order valence-electron chi connectivity index (χ0n) is 11.7. The number of carboxylic acids is 1. The van der Waals surface area contributed by atoms with Gasteiger partial charge < -0.3 is 15.2 Å². The Hall–Kier alpha value is -2.56. The molecule has 0 saturated carbocycles. The number of nitrogens with zero attached hydrogens (tertiary/aromatic N) is 1. The van der Waals surface area contributed by atoms with Crippen molar-refractivity contribution in [1.82, 2.24) is 4.98 Å². The van der Waals surface area contributed by atoms with Crippen molar-refractivity contribution in [3.05, 3.63) is 53.2 Å². The molecule has 5 nitrogen and oxygen atoms in total. The highest BCUT2D eigenvalue weighted by molar-refractivity contribution is 5.93. The number of carbonyl (C=O) groups is 1. The van der Waals surface area contributed by atoms with E-state index < -0.39 is 5.97 Å². The second-order valence-corrected chi connectivity index (χ2v) is 5.03. The number of pyridine rings is 1. The van der Waals surface area contributed by atoms with Gasteiger partial charge in [-0.05, 0) is 25.1 Å². The molecule has 1 unspecified atom stereocenters. The van der Waals surface area contributed by atoms with Crippen LogP contribution in [-0.4, -0.2) is 22.7 Å². The molecule has 1 aliphatic rings. The third-order valence-corrected chi connectivity index (χ3v) is 3.53. The van der Waals surface area contributed by atoms with Gasteiger partial charge >= 0.3 is 5.97 Å². The maximum absolute atomic E-state index is 11.3. The Morgan fingerprint density at radius 2 is 2.14 bits per heavy atom. The summed E-state index contributed by atoms with van der Waals surface area (Å²) in [6.07, 6.45) is 0.770. The Morgan fingerprint density at radius 3 is 2.95 bits per heavy atom. The fraction of sp³-hybridized carbons (Fsp3) is 0.250. The normalized spacial score (nSPS) is 16.7. The Bertz CT molecular complexity index is 685. The molecule has 2 heterocycles. The average Bonchev–Trinajstić information content (AvgIpc) is 2.47. The number of aromatic nitrogens is 1. The zero-order valence-corrected chi connectivity index (χ0v) is 11.7. The predicted molar refractivity (Wildman–Crippen MR) is 78.9 cm³/mol. The molecule has 0 saturated heterocycles. The van der Waals surface area contributed by atoms with Crippen molar-refractivity contribution in [3.8, 4) is 5.75 Å². The highest BCUT2D eigenvalue weighted by Crippen LogP contribution is 2.34. The molecule has 21 heavy (non-hydrogen) atoms. The van der Waals surface area contributed by atoms with Crippen molar-refractivity contribution in [3.63, 3.8) is 0 Å². The van der Waals surface area contributed by atoms with Crippen molar-refractivity contribution in [2.75, 3.05) is 11.9 Å². The van der Waals surface area contributed by atoms with Gasteiger partial charge in [0.1, 0.15) is 17.1 Å². The number of aryl methyl sites for hydroxylation is 1. The molecule has 3 rings (SSSR count). The molecule has 5 heteroatoms. The van der Waals surface area contributed by atoms with Crippen LogP contribution in [0.3, 0.4) is 0 Å². The number of anilines is 1. The fourth-order valence-electron chi connectivity index (χ4n) is 2.50. The van der Waals surface area contributed by atoms with Crippen molar-refractivity contribution >= 4 is 11.8 Å². The Kier molecular flexibility index (Phi) is 3.48. The summed E-state index contributed by atoms with van der Waals surface area (Å²) in [7, 11) is 0. The monoisotopic (exact) mass is 284 g/mol. The number of rotatable bonds is 3. The van der Waals surface area contributed by atoms with Crippen LogP contribution in [0, 0.1) is 6.92 Å². The van der Waals surface area contributed by atoms with Gasteiger partial charge in [-0.3, -0.25) is 0 Å². The van der Waals surface area contributed by atoms with Crippen LogP contribution in [0.25, 0.3) is 0 Å². The Labute approximate surface area is 122 Å². The van der Waals surface area contributed by atoms with Gasteiger partial charge in [-0.25, -0.2) is 9.78 Å². The number of hydrogen-bond donors (Lipinski definition) is 2. The smallest absolute Gasteiger partial charge is 0.339 e. The minimum absolute atomic E-state index is 0.00218. The number of fused-ring (bicyclic) bond motifs is 1. The Morgan fingerprint density at radius 1 is 1.33 bits per heavy atom. The van der Waals surface area contributed by atoms with Crippen LogP contribution in [0.4, 0.5) is 5.82 Å². The van der Waals surface area contributed by atoms with Gasteiger partial charge in [0, 0.05) is 17.7 Å². The summed E-state index contributed by atoms with van der Waals surface area (Å²) in [5.41, 5.74) is 2.00. The van der Waals surface area contributed by atoms with Gasteiger partial charge in [-0.15, -0.1) is 0 Å². The molecule has 1 aliphatic heterocycles. The summed E-state index contributed by atoms with van der Waals surface area (Å²) < 4.78 is 5.62. The molecule has 0 spiro atoms. The zero-order chi connectivity index (χ0) is 14.8. The van der Waals surface area contributed by atoms with E-state index in [0.29, 0.717) is 12.4 Å². The summed E-state index contributed by atoms with van der Waals surface area (Å²) in [6.45, 7) is 2.44. The molecular formula is C16H16N2O3. The average molecular weight is 284 g/mol. The third kappa shape index (κ3) is 2.67. The van der Waals surface area contributed by atoms with Gasteiger partial charge in [0.05, 0.1) is 12.6 Å². The van der Waals surface area contributed by atoms with Crippen LogP contribution in [0.15, 0.2) is 36.4 Å². The van der Waals surface area contributed by atoms with Crippen molar-refractivity contribution < 1.29 is 14.6 Å². The fourth-order valence-corrected chi connectivity index (χ4v) is 2.50. The van der Waals surface area contributed by atoms with Gasteiger partial charge in [0.15, 0.2) is 0 Å². The molecule has 0 fully saturated rings. The minimum Gasteiger partial charge on any atom is -0.493 e. The summed E-state index contributed by atoms with van der Waals surface area (Å²) >= 11 is 0. The second-order valence-electron chi connectivity index (χ2n) is 5.03. The molecule has 2 aromatic rings. The molecule has 108 valence electrons. The summed E-state index contributed by atoms with van der Waals surface area (Å²) in [5.74, 6) is 0.264. The van der Waals surface area contributed by atoms with Crippen LogP contribution < -0.4 is 10.1 Å². The van der Waals surface area contributed by atoms with Crippen molar-refractivity contribution in [1.29, 1.82) is 0 Å². The molecule has 0 bridgehead atoms. The number of nitrogens with one attached hydrogen (secondary N) is 1. The molecule has 0 radical (unpaired) electrons. The van der Waals surface area contributed by atoms with E-state index in [0.717, 1.165) is 23.4 Å². The lowest BCUT2D eigenvalue weighted by Gasteiger charge is -2.27. The van der Waals surface area contributed by atoms with Crippen molar-refractivity contribution in [2.24, 2.45) is 0 Å². The van der Waals surface area contributed by atoms with Crippen LogP contribution in [0.1, 0.15) is 34.1 Å². The molecular weight excluding hydrogens is 268 g/mol. The first-order valence-corrected chi connectivity index (χ1v) is 6.84. The molecule has 0 amide bonds. The summed E-state index contributed by atoms with van der Waals surface area (Å²) in [5, 5.41) is 12.5. The maximum atomic E-state index is 11.3. The van der Waals surface area contributed by atoms with E-state index in [-0.39, 0.29) is 11.6 Å². The van der Waals surface area contributed by atoms with Crippen LogP contribution in [0.5, 0.6) is 5.75 Å². The quantitative estimate of drug-likeness (QED) is 0.906. The van der Waals surface area contributed by atoms with Crippen LogP contribution in [-0.2, 0) is 0 Å². The number of para-hydroxylation sites is 1. The highest BCUT2D eigenvalue weighted by atomic mass is 16.5. The van der Waals surface area contributed by atoms with E-state index >= 15 is 0 Å². The van der Waals surface area contributed by atoms with E-state index in [2.05, 4.69) is 10.3 Å². The molecule has 1 aromatic carbocycles. The third-order valence-electron chi connectivity index (χ3n) is 3.53. The number of aromatic carboxylic acids is 1. The maximum Gasteiger partial charge on any atom is 0.339 e. The standard InChI is InChI=1S/C16H16N2O3/c1-10-6-7-12(16(19)20)15(17-10)18-13-8-9-21-14-5-3-2-4-11(13)14/h2-7,13H,8-9H2,1H3,(H,17,18)(H,19,20). The largest absolute Gasteiger partial charge is 0.493 e. The molecule has 1 atom stereocenters. The number of ether oxygens (including phenoxy) is 1. The first-order valence-electron chi connectivity index (χ1n) is 6.84. The number of benzene rings is 1. The molecule has 2 N–H and O–H groups in total. The lowest BCUT2D eigenvalue weighted by atomic mass is 10.0. The van der Waals surface area contributed by atoms with Crippen LogP contribution in [0.2, 0.25) is 0 Å². The number of hydrogen-bond acceptors (Lipinski definition) is 4. The van der Waals surface area contributed by atoms with Crippen LogP contribution >= 0.6 is 0 Å². The van der Waals surface area contributed by atoms with E-state index in [1.54, 1.807) is 12.1 Å². The second kappa shape index (κ2) is 5.44. The van der Waals surface area contributed by atoms with E-state index in [1.807, 2.05) is 31.2 Å². The lowest BCUT2D eigenvalue weighted by molar-refractivity contribution is 0.0697. The lowest BCUT2D eigenvalue weighted by Crippen LogP contribution is -2.22. The highest BCUT2D eigenvalue weighted by Gasteiger charge is 2.23. The van der Waals surface area contributed by atoms with Crippen molar-refractivity contribution in [2.45, 2.75) is 19.4 Å². The molecule has 0 aliphatic carbocycles. The summed E-state index contributed by atoms with van der Waals surface area (Å²) in [6, 6.07) is 11.1. The topological polar surface area (TPSA) is 71.5 Å². The van der Waals surface area contributed by atoms with Gasteiger partial charge in [0.2, 0.25) is 0 Å². The predicted octanol–water partition coefficient (Wildman–Crippen LogP) is 3.02. The van der Waals surface area contributed by atoms with Gasteiger partial charge in [-0.1, -0.05) is 18.2 Å².